The van der Waals surface area contributed by atoms with Crippen molar-refractivity contribution in [3.05, 3.63) is 54.1 Å². The van der Waals surface area contributed by atoms with Crippen LogP contribution < -0.4 is 10.1 Å². The number of ether oxygens (including phenoxy) is 2. The number of para-hydroxylation sites is 1. The summed E-state index contributed by atoms with van der Waals surface area (Å²) in [4.78, 5) is 31.9. The smallest absolute Gasteiger partial charge is 0.247 e. The van der Waals surface area contributed by atoms with Crippen LogP contribution in [0, 0.1) is 0 Å². The van der Waals surface area contributed by atoms with Gasteiger partial charge in [0.25, 0.3) is 0 Å². The Balaban J connectivity index is 1.68. The fourth-order valence-electron chi connectivity index (χ4n) is 4.60. The molecule has 0 bridgehead atoms. The van der Waals surface area contributed by atoms with E-state index in [1.54, 1.807) is 9.58 Å². The van der Waals surface area contributed by atoms with Crippen LogP contribution in [0.15, 0.2) is 48.5 Å². The zero-order valence-corrected chi connectivity index (χ0v) is 23.4. The van der Waals surface area contributed by atoms with Crippen LogP contribution >= 0.6 is 0 Å². The number of nitrogens with one attached hydrogen (secondary N) is 1. The number of carbonyl (C=O) groups is 2. The lowest BCUT2D eigenvalue weighted by atomic mass is 9.98. The first-order valence-electron chi connectivity index (χ1n) is 13.7. The fraction of sp³-hybridized carbons (Fsp3) is 0.517. The Morgan fingerprint density at radius 2 is 1.82 bits per heavy atom. The number of carbonyl (C=O) groups excluding carboxylic acids is 2. The molecule has 1 aliphatic heterocycles. The van der Waals surface area contributed by atoms with E-state index in [-0.39, 0.29) is 18.4 Å². The Hall–Kier alpha value is -3.50. The standard InChI is InChI=1S/C29H40N6O4/c1-5-29(3,4)30-28(37)27(22-11-13-23(14-12-22)39-6-2)34(16-15-33-17-19-38-20-18-33)26(36)21-35-25-10-8-7-9-24(25)31-32-35/h7-14,27H,5-6,15-21H2,1-4H3,(H,30,37). The van der Waals surface area contributed by atoms with Crippen molar-refractivity contribution >= 4 is 22.8 Å². The van der Waals surface area contributed by atoms with Crippen molar-refractivity contribution in [1.29, 1.82) is 0 Å². The Kier molecular flexibility index (Phi) is 9.53. The molecule has 1 unspecified atom stereocenters. The van der Waals surface area contributed by atoms with E-state index in [1.807, 2.05) is 76.2 Å². The molecule has 39 heavy (non-hydrogen) atoms. The quantitative estimate of drug-likeness (QED) is 0.380. The van der Waals surface area contributed by atoms with Gasteiger partial charge in [0, 0.05) is 31.7 Å². The summed E-state index contributed by atoms with van der Waals surface area (Å²) in [7, 11) is 0. The summed E-state index contributed by atoms with van der Waals surface area (Å²) >= 11 is 0. The molecule has 10 nitrogen and oxygen atoms in total. The van der Waals surface area contributed by atoms with Gasteiger partial charge >= 0.3 is 0 Å². The van der Waals surface area contributed by atoms with Crippen LogP contribution in [0.4, 0.5) is 0 Å². The normalized spacial score (nSPS) is 15.2. The number of fused-ring (bicyclic) bond motifs is 1. The molecule has 2 amide bonds. The zero-order valence-electron chi connectivity index (χ0n) is 23.4. The van der Waals surface area contributed by atoms with E-state index in [0.29, 0.717) is 32.9 Å². The second-order valence-corrected chi connectivity index (χ2v) is 10.4. The van der Waals surface area contributed by atoms with Gasteiger partial charge in [0.1, 0.15) is 23.9 Å². The second-order valence-electron chi connectivity index (χ2n) is 10.4. The summed E-state index contributed by atoms with van der Waals surface area (Å²) in [5.74, 6) is 0.293. The van der Waals surface area contributed by atoms with Gasteiger partial charge in [0.15, 0.2) is 0 Å². The lowest BCUT2D eigenvalue weighted by Gasteiger charge is -2.36. The molecular weight excluding hydrogens is 496 g/mol. The van der Waals surface area contributed by atoms with Crippen LogP contribution in [0.3, 0.4) is 0 Å². The maximum Gasteiger partial charge on any atom is 0.247 e. The molecule has 0 aliphatic carbocycles. The predicted molar refractivity (Wildman–Crippen MR) is 149 cm³/mol. The molecule has 10 heteroatoms. The van der Waals surface area contributed by atoms with Gasteiger partial charge in [-0.3, -0.25) is 14.5 Å². The van der Waals surface area contributed by atoms with Crippen LogP contribution in [0.25, 0.3) is 11.0 Å². The zero-order chi connectivity index (χ0) is 27.8. The second kappa shape index (κ2) is 13.0. The van der Waals surface area contributed by atoms with Gasteiger partial charge in [-0.25, -0.2) is 4.68 Å². The van der Waals surface area contributed by atoms with Crippen molar-refractivity contribution in [1.82, 2.24) is 30.1 Å². The maximum atomic E-state index is 14.0. The summed E-state index contributed by atoms with van der Waals surface area (Å²) < 4.78 is 12.7. The van der Waals surface area contributed by atoms with Gasteiger partial charge in [0.2, 0.25) is 11.8 Å². The third-order valence-corrected chi connectivity index (χ3v) is 7.20. The van der Waals surface area contributed by atoms with Crippen LogP contribution in [-0.4, -0.2) is 88.1 Å². The van der Waals surface area contributed by atoms with Gasteiger partial charge in [-0.2, -0.15) is 0 Å². The summed E-state index contributed by atoms with van der Waals surface area (Å²) in [6.45, 7) is 12.4. The molecular formula is C29H40N6O4. The van der Waals surface area contributed by atoms with E-state index < -0.39 is 11.6 Å². The average Bonchev–Trinajstić information content (AvgIpc) is 3.34. The topological polar surface area (TPSA) is 102 Å². The Morgan fingerprint density at radius 3 is 2.51 bits per heavy atom. The van der Waals surface area contributed by atoms with Gasteiger partial charge < -0.3 is 19.7 Å². The summed E-state index contributed by atoms with van der Waals surface area (Å²) in [6.07, 6.45) is 0.751. The van der Waals surface area contributed by atoms with E-state index in [9.17, 15) is 9.59 Å². The molecule has 1 aromatic heterocycles. The fourth-order valence-corrected chi connectivity index (χ4v) is 4.60. The van der Waals surface area contributed by atoms with Gasteiger partial charge in [0.05, 0.1) is 25.3 Å². The number of rotatable bonds is 12. The largest absolute Gasteiger partial charge is 0.494 e. The molecule has 0 spiro atoms. The number of amides is 2. The number of hydrogen-bond donors (Lipinski definition) is 1. The van der Waals surface area contributed by atoms with E-state index in [1.165, 1.54) is 0 Å². The summed E-state index contributed by atoms with van der Waals surface area (Å²) in [6, 6.07) is 14.1. The first-order chi connectivity index (χ1) is 18.8. The SMILES string of the molecule is CCOc1ccc(C(C(=O)NC(C)(C)CC)N(CCN2CCOCC2)C(=O)Cn2nnc3ccccc32)cc1. The van der Waals surface area contributed by atoms with Crippen molar-refractivity contribution in [2.75, 3.05) is 46.0 Å². The van der Waals surface area contributed by atoms with Crippen molar-refractivity contribution in [2.24, 2.45) is 0 Å². The maximum absolute atomic E-state index is 14.0. The Morgan fingerprint density at radius 1 is 1.10 bits per heavy atom. The third kappa shape index (κ3) is 7.33. The van der Waals surface area contributed by atoms with Gasteiger partial charge in [-0.15, -0.1) is 5.10 Å². The molecule has 1 atom stereocenters. The minimum atomic E-state index is -0.824. The number of hydrogen-bond acceptors (Lipinski definition) is 7. The van der Waals surface area contributed by atoms with E-state index >= 15 is 0 Å². The molecule has 2 aromatic carbocycles. The molecule has 1 saturated heterocycles. The van der Waals surface area contributed by atoms with Crippen molar-refractivity contribution in [3.8, 4) is 5.75 Å². The molecule has 0 saturated carbocycles. The highest BCUT2D eigenvalue weighted by molar-refractivity contribution is 5.89. The molecule has 1 N–H and O–H groups in total. The minimum absolute atomic E-state index is 0.0262. The van der Waals surface area contributed by atoms with E-state index in [4.69, 9.17) is 9.47 Å². The number of aromatic nitrogens is 3. The highest BCUT2D eigenvalue weighted by atomic mass is 16.5. The first-order valence-corrected chi connectivity index (χ1v) is 13.7. The van der Waals surface area contributed by atoms with Crippen molar-refractivity contribution < 1.29 is 19.1 Å². The molecule has 1 fully saturated rings. The molecule has 4 rings (SSSR count). The Bertz CT molecular complexity index is 1240. The lowest BCUT2D eigenvalue weighted by Crippen LogP contribution is -2.52. The molecule has 210 valence electrons. The number of benzene rings is 2. The van der Waals surface area contributed by atoms with Crippen molar-refractivity contribution in [2.45, 2.75) is 52.2 Å². The number of nitrogens with zero attached hydrogens (tertiary/aromatic N) is 5. The van der Waals surface area contributed by atoms with Gasteiger partial charge in [-0.1, -0.05) is 36.4 Å². The van der Waals surface area contributed by atoms with Crippen LogP contribution in [0.5, 0.6) is 5.75 Å². The molecule has 3 aromatic rings. The minimum Gasteiger partial charge on any atom is -0.494 e. The van der Waals surface area contributed by atoms with Crippen molar-refractivity contribution in [3.63, 3.8) is 0 Å². The molecule has 2 heterocycles. The van der Waals surface area contributed by atoms with E-state index in [2.05, 4.69) is 20.5 Å². The highest BCUT2D eigenvalue weighted by Gasteiger charge is 2.34. The van der Waals surface area contributed by atoms with Gasteiger partial charge in [-0.05, 0) is 57.0 Å². The molecule has 1 aliphatic rings. The first kappa shape index (κ1) is 28.5. The monoisotopic (exact) mass is 536 g/mol. The molecule has 0 radical (unpaired) electrons. The van der Waals surface area contributed by atoms with E-state index in [0.717, 1.165) is 41.9 Å². The summed E-state index contributed by atoms with van der Waals surface area (Å²) in [5, 5.41) is 11.6. The van der Waals surface area contributed by atoms with Crippen LogP contribution in [0.2, 0.25) is 0 Å². The van der Waals surface area contributed by atoms with Crippen LogP contribution in [-0.2, 0) is 20.9 Å². The van der Waals surface area contributed by atoms with Crippen LogP contribution in [0.1, 0.15) is 45.7 Å². The summed E-state index contributed by atoms with van der Waals surface area (Å²) in [5.41, 5.74) is 1.78. The predicted octanol–water partition coefficient (Wildman–Crippen LogP) is 3.04. The number of morpholine rings is 1. The Labute approximate surface area is 230 Å². The highest BCUT2D eigenvalue weighted by Crippen LogP contribution is 2.26. The average molecular weight is 537 g/mol. The third-order valence-electron chi connectivity index (χ3n) is 7.20. The lowest BCUT2D eigenvalue weighted by molar-refractivity contribution is -0.142.